The van der Waals surface area contributed by atoms with Crippen molar-refractivity contribution in [2.45, 2.75) is 12.2 Å². The van der Waals surface area contributed by atoms with E-state index in [0.717, 1.165) is 0 Å². The van der Waals surface area contributed by atoms with Crippen LogP contribution in [-0.2, 0) is 15.7 Å². The summed E-state index contributed by atoms with van der Waals surface area (Å²) in [4.78, 5) is 19.9. The summed E-state index contributed by atoms with van der Waals surface area (Å²) in [7, 11) is 1.18. The number of phenols is 1. The molecule has 0 spiro atoms. The van der Waals surface area contributed by atoms with Crippen molar-refractivity contribution in [3.8, 4) is 28.6 Å². The van der Waals surface area contributed by atoms with Crippen molar-refractivity contribution in [3.05, 3.63) is 54.2 Å². The highest BCUT2D eigenvalue weighted by Gasteiger charge is 2.39. The van der Waals surface area contributed by atoms with Crippen LogP contribution in [0, 0.1) is 0 Å². The molecule has 0 saturated carbocycles. The van der Waals surface area contributed by atoms with E-state index < -0.39 is 17.8 Å². The molecule has 34 heavy (non-hydrogen) atoms. The normalized spacial score (nSPS) is 14.2. The zero-order valence-electron chi connectivity index (χ0n) is 17.5. The first-order valence-corrected chi connectivity index (χ1v) is 9.92. The third-order valence-electron chi connectivity index (χ3n) is 5.26. The minimum absolute atomic E-state index is 0.0210. The fourth-order valence-electron chi connectivity index (χ4n) is 3.49. The van der Waals surface area contributed by atoms with E-state index in [9.17, 15) is 23.1 Å². The predicted octanol–water partition coefficient (Wildman–Crippen LogP) is 3.47. The predicted molar refractivity (Wildman–Crippen MR) is 109 cm³/mol. The lowest BCUT2D eigenvalue weighted by Gasteiger charge is -2.26. The molecule has 4 heterocycles. The number of imidazole rings is 1. The number of carbonyl (C=O) groups is 1. The molecule has 4 aromatic rings. The standard InChI is InChI=1S/C21H16F3N5O5/c1-32-20(31)13-3-2-12(6-16(13)30)34-19-18-26-7-15(28(18)5-4-25-19)14-8-29(11-9-33-10-11)27-17(14)21(22,23)24/h2-8,11,30H,9-10H2,1H3. The van der Waals surface area contributed by atoms with E-state index in [4.69, 9.17) is 9.47 Å². The molecule has 0 atom stereocenters. The lowest BCUT2D eigenvalue weighted by atomic mass is 10.2. The Hall–Kier alpha value is -4.13. The van der Waals surface area contributed by atoms with Gasteiger partial charge in [0.15, 0.2) is 5.69 Å². The Morgan fingerprint density at radius 1 is 1.26 bits per heavy atom. The number of alkyl halides is 3. The molecule has 1 aliphatic rings. The first-order chi connectivity index (χ1) is 16.3. The van der Waals surface area contributed by atoms with Gasteiger partial charge in [0.05, 0.1) is 43.8 Å². The van der Waals surface area contributed by atoms with Crippen LogP contribution in [0.25, 0.3) is 16.9 Å². The second kappa shape index (κ2) is 8.02. The number of ether oxygens (including phenoxy) is 3. The Balaban J connectivity index is 1.53. The molecule has 1 N–H and O–H groups in total. The zero-order chi connectivity index (χ0) is 24.0. The minimum Gasteiger partial charge on any atom is -0.507 e. The van der Waals surface area contributed by atoms with Crippen molar-refractivity contribution in [2.24, 2.45) is 0 Å². The van der Waals surface area contributed by atoms with Gasteiger partial charge in [-0.25, -0.2) is 14.8 Å². The summed E-state index contributed by atoms with van der Waals surface area (Å²) in [5, 5.41) is 13.8. The number of esters is 1. The van der Waals surface area contributed by atoms with Crippen molar-refractivity contribution in [1.82, 2.24) is 24.1 Å². The number of hydrogen-bond donors (Lipinski definition) is 1. The number of halogens is 3. The Morgan fingerprint density at radius 3 is 2.71 bits per heavy atom. The largest absolute Gasteiger partial charge is 0.507 e. The van der Waals surface area contributed by atoms with E-state index in [2.05, 4.69) is 19.8 Å². The van der Waals surface area contributed by atoms with Crippen LogP contribution in [0.4, 0.5) is 13.2 Å². The summed E-state index contributed by atoms with van der Waals surface area (Å²) in [6.07, 6.45) is 0.708. The lowest BCUT2D eigenvalue weighted by molar-refractivity contribution is -0.141. The van der Waals surface area contributed by atoms with Crippen LogP contribution >= 0.6 is 0 Å². The summed E-state index contributed by atoms with van der Waals surface area (Å²) in [5.41, 5.74) is -0.961. The highest BCUT2D eigenvalue weighted by molar-refractivity contribution is 5.92. The maximum absolute atomic E-state index is 13.7. The Kier molecular flexibility index (Phi) is 5.12. The molecule has 1 fully saturated rings. The Bertz CT molecular complexity index is 1390. The number of nitrogens with zero attached hydrogens (tertiary/aromatic N) is 5. The highest BCUT2D eigenvalue weighted by atomic mass is 19.4. The monoisotopic (exact) mass is 475 g/mol. The second-order valence-electron chi connectivity index (χ2n) is 7.40. The van der Waals surface area contributed by atoms with Gasteiger partial charge < -0.3 is 19.3 Å². The van der Waals surface area contributed by atoms with Crippen molar-refractivity contribution in [2.75, 3.05) is 20.3 Å². The fourth-order valence-corrected chi connectivity index (χ4v) is 3.49. The molecule has 0 unspecified atom stereocenters. The number of benzene rings is 1. The molecule has 0 radical (unpaired) electrons. The van der Waals surface area contributed by atoms with Gasteiger partial charge in [-0.2, -0.15) is 18.3 Å². The topological polar surface area (TPSA) is 113 Å². The molecule has 10 nitrogen and oxygen atoms in total. The van der Waals surface area contributed by atoms with Gasteiger partial charge in [0.1, 0.15) is 17.1 Å². The van der Waals surface area contributed by atoms with Crippen LogP contribution in [-0.4, -0.2) is 55.5 Å². The molecule has 5 rings (SSSR count). The molecule has 176 valence electrons. The molecular formula is C21H16F3N5O5. The molecule has 1 aromatic carbocycles. The third-order valence-corrected chi connectivity index (χ3v) is 5.26. The lowest BCUT2D eigenvalue weighted by Crippen LogP contribution is -2.31. The number of hydrogen-bond acceptors (Lipinski definition) is 8. The van der Waals surface area contributed by atoms with Gasteiger partial charge in [0.25, 0.3) is 5.88 Å². The van der Waals surface area contributed by atoms with Gasteiger partial charge in [0, 0.05) is 24.7 Å². The van der Waals surface area contributed by atoms with E-state index in [1.165, 1.54) is 59.2 Å². The number of carbonyl (C=O) groups excluding carboxylic acids is 1. The van der Waals surface area contributed by atoms with E-state index in [1.807, 2.05) is 0 Å². The molecule has 13 heteroatoms. The summed E-state index contributed by atoms with van der Waals surface area (Å²) in [6, 6.07) is 3.64. The SMILES string of the molecule is COC(=O)c1ccc(Oc2nccn3c(-c4cn(C5COC5)nc4C(F)(F)F)cnc23)cc1O. The number of methoxy groups -OCH3 is 1. The van der Waals surface area contributed by atoms with Gasteiger partial charge in [-0.05, 0) is 12.1 Å². The smallest absolute Gasteiger partial charge is 0.435 e. The minimum atomic E-state index is -4.68. The van der Waals surface area contributed by atoms with Crippen molar-refractivity contribution in [1.29, 1.82) is 0 Å². The maximum Gasteiger partial charge on any atom is 0.435 e. The van der Waals surface area contributed by atoms with Crippen LogP contribution in [0.15, 0.2) is 43.0 Å². The van der Waals surface area contributed by atoms with Gasteiger partial charge in [-0.1, -0.05) is 0 Å². The Labute approximate surface area is 189 Å². The van der Waals surface area contributed by atoms with Crippen LogP contribution in [0.1, 0.15) is 22.1 Å². The van der Waals surface area contributed by atoms with Crippen LogP contribution in [0.3, 0.4) is 0 Å². The first-order valence-electron chi connectivity index (χ1n) is 9.92. The van der Waals surface area contributed by atoms with Crippen molar-refractivity contribution >= 4 is 11.6 Å². The molecule has 3 aromatic heterocycles. The number of aromatic nitrogens is 5. The van der Waals surface area contributed by atoms with E-state index >= 15 is 0 Å². The van der Waals surface area contributed by atoms with Crippen molar-refractivity contribution < 1.29 is 37.3 Å². The summed E-state index contributed by atoms with van der Waals surface area (Å²) < 4.78 is 59.2. The quantitative estimate of drug-likeness (QED) is 0.437. The molecule has 0 amide bonds. The maximum atomic E-state index is 13.7. The number of fused-ring (bicyclic) bond motifs is 1. The van der Waals surface area contributed by atoms with E-state index in [0.29, 0.717) is 0 Å². The number of aromatic hydroxyl groups is 1. The average Bonchev–Trinajstić information content (AvgIpc) is 3.37. The van der Waals surface area contributed by atoms with Crippen LogP contribution < -0.4 is 4.74 Å². The number of phenolic OH excluding ortho intramolecular Hbond substituents is 1. The molecule has 1 saturated heterocycles. The Morgan fingerprint density at radius 2 is 2.06 bits per heavy atom. The molecular weight excluding hydrogens is 459 g/mol. The van der Waals surface area contributed by atoms with E-state index in [-0.39, 0.29) is 59.1 Å². The van der Waals surface area contributed by atoms with Gasteiger partial charge >= 0.3 is 12.1 Å². The van der Waals surface area contributed by atoms with Crippen LogP contribution in [0.2, 0.25) is 0 Å². The summed E-state index contributed by atoms with van der Waals surface area (Å²) in [6.45, 7) is 0.574. The van der Waals surface area contributed by atoms with Crippen LogP contribution in [0.5, 0.6) is 17.4 Å². The van der Waals surface area contributed by atoms with Crippen molar-refractivity contribution in [3.63, 3.8) is 0 Å². The highest BCUT2D eigenvalue weighted by Crippen LogP contribution is 2.38. The third kappa shape index (κ3) is 3.69. The number of rotatable bonds is 5. The van der Waals surface area contributed by atoms with E-state index in [1.54, 1.807) is 0 Å². The second-order valence-corrected chi connectivity index (χ2v) is 7.40. The summed E-state index contributed by atoms with van der Waals surface area (Å²) >= 11 is 0. The molecule has 0 aliphatic carbocycles. The van der Waals surface area contributed by atoms with Gasteiger partial charge in [-0.15, -0.1) is 0 Å². The van der Waals surface area contributed by atoms with Gasteiger partial charge in [0.2, 0.25) is 5.65 Å². The zero-order valence-corrected chi connectivity index (χ0v) is 17.5. The van der Waals surface area contributed by atoms with Gasteiger partial charge in [-0.3, -0.25) is 9.08 Å². The molecule has 1 aliphatic heterocycles. The fraction of sp³-hybridized carbons (Fsp3) is 0.238. The molecule has 0 bridgehead atoms. The summed E-state index contributed by atoms with van der Waals surface area (Å²) in [5.74, 6) is -0.990. The first kappa shape index (κ1) is 21.7. The average molecular weight is 475 g/mol.